The van der Waals surface area contributed by atoms with Crippen LogP contribution in [-0.2, 0) is 4.74 Å². The molecule has 16 heavy (non-hydrogen) atoms. The zero-order valence-electron chi connectivity index (χ0n) is 9.98. The van der Waals surface area contributed by atoms with Crippen LogP contribution in [0.1, 0.15) is 44.9 Å². The molecule has 1 aliphatic heterocycles. The maximum atomic E-state index is 6.28. The lowest BCUT2D eigenvalue weighted by Crippen LogP contribution is -2.48. The molecule has 3 heteroatoms. The minimum atomic E-state index is -0.187. The van der Waals surface area contributed by atoms with Crippen LogP contribution in [0.25, 0.3) is 0 Å². The van der Waals surface area contributed by atoms with Crippen LogP contribution in [0.5, 0.6) is 0 Å². The molecular weight excluding hydrogens is 200 g/mol. The first-order valence-corrected chi connectivity index (χ1v) is 6.94. The summed E-state index contributed by atoms with van der Waals surface area (Å²) in [6.45, 7) is 0. The fraction of sp³-hybridized carbons (Fsp3) is 1.00. The molecule has 1 heterocycles. The quantitative estimate of drug-likeness (QED) is 0.665. The summed E-state index contributed by atoms with van der Waals surface area (Å²) in [4.78, 5) is 0. The molecule has 0 spiro atoms. The average Bonchev–Trinajstić information content (AvgIpc) is 2.67. The van der Waals surface area contributed by atoms with Gasteiger partial charge in [0, 0.05) is 5.92 Å². The van der Waals surface area contributed by atoms with Gasteiger partial charge in [-0.05, 0) is 37.5 Å². The summed E-state index contributed by atoms with van der Waals surface area (Å²) in [6.07, 6.45) is 9.91. The summed E-state index contributed by atoms with van der Waals surface area (Å²) in [5, 5.41) is 0. The van der Waals surface area contributed by atoms with Crippen LogP contribution >= 0.6 is 0 Å². The third kappa shape index (κ3) is 1.69. The Hall–Kier alpha value is -0.120. The van der Waals surface area contributed by atoms with Gasteiger partial charge in [0.15, 0.2) is 0 Å². The van der Waals surface area contributed by atoms with Crippen LogP contribution in [0.2, 0.25) is 0 Å². The second-order valence-corrected chi connectivity index (χ2v) is 5.92. The summed E-state index contributed by atoms with van der Waals surface area (Å²) in [5.41, 5.74) is 11.8. The van der Waals surface area contributed by atoms with E-state index in [0.29, 0.717) is 18.1 Å². The van der Waals surface area contributed by atoms with E-state index in [1.807, 2.05) is 0 Å². The van der Waals surface area contributed by atoms with Gasteiger partial charge < -0.3 is 16.2 Å². The molecule has 0 aromatic rings. The van der Waals surface area contributed by atoms with Crippen molar-refractivity contribution in [3.05, 3.63) is 0 Å². The Morgan fingerprint density at radius 3 is 2.44 bits per heavy atom. The molecule has 3 nitrogen and oxygen atoms in total. The van der Waals surface area contributed by atoms with Crippen LogP contribution in [-0.4, -0.2) is 18.4 Å². The maximum absolute atomic E-state index is 6.28. The molecule has 4 N–H and O–H groups in total. The molecule has 2 saturated carbocycles. The standard InChI is InChI=1S/C13H24N2O/c14-13(15)10-6-3-5-9-8-4-1-2-7-11(8)16-12(9)10/h8-13H,1-7,14-15H2. The van der Waals surface area contributed by atoms with Crippen molar-refractivity contribution in [3.8, 4) is 0 Å². The Labute approximate surface area is 97.9 Å². The molecule has 2 aliphatic carbocycles. The zero-order valence-corrected chi connectivity index (χ0v) is 9.98. The number of hydrogen-bond donors (Lipinski definition) is 2. The Morgan fingerprint density at radius 1 is 0.875 bits per heavy atom. The SMILES string of the molecule is NC(N)C1CCCC2C3CCCCC3OC12. The fourth-order valence-electron chi connectivity index (χ4n) is 4.29. The van der Waals surface area contributed by atoms with Gasteiger partial charge in [-0.1, -0.05) is 19.3 Å². The monoisotopic (exact) mass is 224 g/mol. The van der Waals surface area contributed by atoms with Crippen molar-refractivity contribution < 1.29 is 4.74 Å². The fourth-order valence-corrected chi connectivity index (χ4v) is 4.29. The zero-order chi connectivity index (χ0) is 11.1. The van der Waals surface area contributed by atoms with Crippen molar-refractivity contribution in [2.24, 2.45) is 29.2 Å². The summed E-state index contributed by atoms with van der Waals surface area (Å²) in [7, 11) is 0. The number of hydrogen-bond acceptors (Lipinski definition) is 3. The molecule has 0 aromatic carbocycles. The second kappa shape index (κ2) is 4.28. The molecule has 3 aliphatic rings. The molecule has 5 unspecified atom stereocenters. The topological polar surface area (TPSA) is 61.3 Å². The van der Waals surface area contributed by atoms with Gasteiger partial charge in [0.1, 0.15) is 0 Å². The van der Waals surface area contributed by atoms with Crippen LogP contribution < -0.4 is 11.5 Å². The van der Waals surface area contributed by atoms with E-state index < -0.39 is 0 Å². The maximum Gasteiger partial charge on any atom is 0.0666 e. The first-order chi connectivity index (χ1) is 7.77. The molecule has 0 radical (unpaired) electrons. The second-order valence-electron chi connectivity index (χ2n) is 5.92. The van der Waals surface area contributed by atoms with Gasteiger partial charge in [0.25, 0.3) is 0 Å². The Bertz CT molecular complexity index is 256. The summed E-state index contributed by atoms with van der Waals surface area (Å²) >= 11 is 0. The van der Waals surface area contributed by atoms with Crippen molar-refractivity contribution in [1.82, 2.24) is 0 Å². The lowest BCUT2D eigenvalue weighted by atomic mass is 9.70. The highest BCUT2D eigenvalue weighted by Crippen LogP contribution is 2.49. The van der Waals surface area contributed by atoms with Crippen LogP contribution in [0.3, 0.4) is 0 Å². The van der Waals surface area contributed by atoms with Crippen LogP contribution in [0, 0.1) is 17.8 Å². The van der Waals surface area contributed by atoms with Gasteiger partial charge in [-0.3, -0.25) is 0 Å². The van der Waals surface area contributed by atoms with Crippen molar-refractivity contribution >= 4 is 0 Å². The lowest BCUT2D eigenvalue weighted by molar-refractivity contribution is -0.0309. The Kier molecular flexibility index (Phi) is 2.94. The van der Waals surface area contributed by atoms with Gasteiger partial charge in [0.2, 0.25) is 0 Å². The molecule has 3 fully saturated rings. The largest absolute Gasteiger partial charge is 0.374 e. The Morgan fingerprint density at radius 2 is 1.62 bits per heavy atom. The van der Waals surface area contributed by atoms with E-state index in [4.69, 9.17) is 16.2 Å². The van der Waals surface area contributed by atoms with Gasteiger partial charge in [-0.2, -0.15) is 0 Å². The van der Waals surface area contributed by atoms with E-state index in [2.05, 4.69) is 0 Å². The predicted octanol–water partition coefficient (Wildman–Crippen LogP) is 1.60. The number of rotatable bonds is 1. The smallest absolute Gasteiger partial charge is 0.0666 e. The van der Waals surface area contributed by atoms with Gasteiger partial charge >= 0.3 is 0 Å². The van der Waals surface area contributed by atoms with Gasteiger partial charge in [-0.15, -0.1) is 0 Å². The molecule has 0 amide bonds. The molecule has 5 atom stereocenters. The molecule has 0 aromatic heterocycles. The normalized spacial score (nSPS) is 47.8. The molecule has 0 bridgehead atoms. The minimum absolute atomic E-state index is 0.187. The number of fused-ring (bicyclic) bond motifs is 3. The highest BCUT2D eigenvalue weighted by atomic mass is 16.5. The summed E-state index contributed by atoms with van der Waals surface area (Å²) < 4.78 is 6.28. The van der Waals surface area contributed by atoms with Crippen molar-refractivity contribution in [1.29, 1.82) is 0 Å². The van der Waals surface area contributed by atoms with E-state index in [0.717, 1.165) is 18.3 Å². The molecular formula is C13H24N2O. The third-order valence-electron chi connectivity index (χ3n) is 5.05. The molecule has 3 rings (SSSR count). The average molecular weight is 224 g/mol. The number of nitrogens with two attached hydrogens (primary N) is 2. The summed E-state index contributed by atoms with van der Waals surface area (Å²) in [6, 6.07) is 0. The first kappa shape index (κ1) is 11.0. The van der Waals surface area contributed by atoms with E-state index >= 15 is 0 Å². The van der Waals surface area contributed by atoms with Gasteiger partial charge in [0.05, 0.1) is 18.4 Å². The van der Waals surface area contributed by atoms with Crippen molar-refractivity contribution in [3.63, 3.8) is 0 Å². The Balaban J connectivity index is 1.78. The minimum Gasteiger partial charge on any atom is -0.374 e. The van der Waals surface area contributed by atoms with Gasteiger partial charge in [-0.25, -0.2) is 0 Å². The van der Waals surface area contributed by atoms with E-state index in [1.54, 1.807) is 0 Å². The number of ether oxygens (including phenoxy) is 1. The summed E-state index contributed by atoms with van der Waals surface area (Å²) in [5.74, 6) is 1.99. The molecule has 1 saturated heterocycles. The van der Waals surface area contributed by atoms with Crippen molar-refractivity contribution in [2.75, 3.05) is 0 Å². The highest BCUT2D eigenvalue weighted by molar-refractivity contribution is 4.98. The first-order valence-electron chi connectivity index (χ1n) is 6.94. The van der Waals surface area contributed by atoms with Crippen molar-refractivity contribution in [2.45, 2.75) is 63.3 Å². The molecule has 92 valence electrons. The predicted molar refractivity (Wildman–Crippen MR) is 63.6 cm³/mol. The third-order valence-corrected chi connectivity index (χ3v) is 5.05. The van der Waals surface area contributed by atoms with Crippen LogP contribution in [0.4, 0.5) is 0 Å². The van der Waals surface area contributed by atoms with Crippen LogP contribution in [0.15, 0.2) is 0 Å². The lowest BCUT2D eigenvalue weighted by Gasteiger charge is -2.36. The highest BCUT2D eigenvalue weighted by Gasteiger charge is 2.49. The van der Waals surface area contributed by atoms with E-state index in [1.165, 1.54) is 38.5 Å². The van der Waals surface area contributed by atoms with E-state index in [-0.39, 0.29) is 6.17 Å². The van der Waals surface area contributed by atoms with E-state index in [9.17, 15) is 0 Å².